The van der Waals surface area contributed by atoms with E-state index in [9.17, 15) is 4.79 Å². The van der Waals surface area contributed by atoms with Crippen molar-refractivity contribution in [1.82, 2.24) is 15.2 Å². The number of fused-ring (bicyclic) bond motifs is 1. The molecule has 2 heterocycles. The molecule has 2 aliphatic rings. The van der Waals surface area contributed by atoms with Gasteiger partial charge in [-0.2, -0.15) is 0 Å². The minimum atomic E-state index is 0.0291. The fourth-order valence-corrected chi connectivity index (χ4v) is 3.04. The number of para-hydroxylation sites is 1. The number of piperazine rings is 1. The van der Waals surface area contributed by atoms with Gasteiger partial charge in [-0.3, -0.25) is 4.79 Å². The van der Waals surface area contributed by atoms with Crippen molar-refractivity contribution in [2.75, 3.05) is 38.1 Å². The van der Waals surface area contributed by atoms with Crippen molar-refractivity contribution in [3.8, 4) is 0 Å². The molecule has 2 fully saturated rings. The van der Waals surface area contributed by atoms with Gasteiger partial charge in [-0.05, 0) is 32.0 Å². The predicted molar refractivity (Wildman–Crippen MR) is 91.9 cm³/mol. The Labute approximate surface area is 136 Å². The number of amides is 1. The van der Waals surface area contributed by atoms with Crippen molar-refractivity contribution < 1.29 is 4.79 Å². The number of anilines is 1. The number of hydrogen-bond donors (Lipinski definition) is 1. The number of pyridine rings is 1. The Morgan fingerprint density at radius 2 is 1.91 bits per heavy atom. The molecule has 1 N–H and O–H groups in total. The van der Waals surface area contributed by atoms with Crippen LogP contribution in [0, 0.1) is 0 Å². The summed E-state index contributed by atoms with van der Waals surface area (Å²) in [4.78, 5) is 22.0. The molecule has 5 heteroatoms. The molecule has 5 nitrogen and oxygen atoms in total. The van der Waals surface area contributed by atoms with Crippen LogP contribution in [-0.2, 0) is 0 Å². The molecule has 1 aliphatic carbocycles. The monoisotopic (exact) mass is 310 g/mol. The summed E-state index contributed by atoms with van der Waals surface area (Å²) < 4.78 is 0. The lowest BCUT2D eigenvalue weighted by molar-refractivity contribution is 0.0952. The minimum Gasteiger partial charge on any atom is -0.354 e. The van der Waals surface area contributed by atoms with Crippen molar-refractivity contribution >= 4 is 22.6 Å². The number of aromatic nitrogens is 1. The zero-order valence-electron chi connectivity index (χ0n) is 13.5. The molecule has 1 aliphatic heterocycles. The van der Waals surface area contributed by atoms with Gasteiger partial charge < -0.3 is 15.1 Å². The van der Waals surface area contributed by atoms with Crippen LogP contribution >= 0.6 is 0 Å². The van der Waals surface area contributed by atoms with E-state index in [2.05, 4.69) is 22.2 Å². The largest absolute Gasteiger partial charge is 0.354 e. The summed E-state index contributed by atoms with van der Waals surface area (Å²) in [7, 11) is 2.14. The van der Waals surface area contributed by atoms with E-state index in [0.717, 1.165) is 61.3 Å². The number of nitrogens with zero attached hydrogens (tertiary/aromatic N) is 3. The summed E-state index contributed by atoms with van der Waals surface area (Å²) in [6.45, 7) is 3.95. The van der Waals surface area contributed by atoms with E-state index in [0.29, 0.717) is 6.04 Å². The lowest BCUT2D eigenvalue weighted by Gasteiger charge is -2.33. The Kier molecular flexibility index (Phi) is 3.65. The number of benzene rings is 1. The number of carbonyl (C=O) groups excluding carboxylic acids is 1. The minimum absolute atomic E-state index is 0.0291. The number of rotatable bonds is 3. The molecule has 0 unspecified atom stereocenters. The smallest absolute Gasteiger partial charge is 0.252 e. The SMILES string of the molecule is CN1CCN(c2cc(C(=O)NC3CC3)c3ccccc3n2)CC1. The van der Waals surface area contributed by atoms with E-state index in [1.165, 1.54) is 0 Å². The average Bonchev–Trinajstić information content (AvgIpc) is 3.38. The quantitative estimate of drug-likeness (QED) is 0.940. The third kappa shape index (κ3) is 3.01. The van der Waals surface area contributed by atoms with Gasteiger partial charge in [-0.25, -0.2) is 4.98 Å². The van der Waals surface area contributed by atoms with Gasteiger partial charge in [0.15, 0.2) is 0 Å². The lowest BCUT2D eigenvalue weighted by Crippen LogP contribution is -2.44. The highest BCUT2D eigenvalue weighted by Crippen LogP contribution is 2.25. The molecule has 1 saturated carbocycles. The third-order valence-corrected chi connectivity index (χ3v) is 4.69. The van der Waals surface area contributed by atoms with Crippen LogP contribution in [0.5, 0.6) is 0 Å². The van der Waals surface area contributed by atoms with Crippen molar-refractivity contribution in [3.63, 3.8) is 0 Å². The summed E-state index contributed by atoms with van der Waals surface area (Å²) in [5.41, 5.74) is 1.64. The second kappa shape index (κ2) is 5.81. The average molecular weight is 310 g/mol. The lowest BCUT2D eigenvalue weighted by atomic mass is 10.1. The summed E-state index contributed by atoms with van der Waals surface area (Å²) in [5.74, 6) is 0.944. The Morgan fingerprint density at radius 3 is 2.65 bits per heavy atom. The van der Waals surface area contributed by atoms with Gasteiger partial charge in [0.1, 0.15) is 5.82 Å². The molecule has 0 radical (unpaired) electrons. The summed E-state index contributed by atoms with van der Waals surface area (Å²) in [6.07, 6.45) is 2.19. The molecule has 0 atom stereocenters. The second-order valence-electron chi connectivity index (χ2n) is 6.58. The molecule has 0 bridgehead atoms. The summed E-state index contributed by atoms with van der Waals surface area (Å²) >= 11 is 0. The van der Waals surface area contributed by atoms with E-state index < -0.39 is 0 Å². The van der Waals surface area contributed by atoms with E-state index >= 15 is 0 Å². The molecular formula is C18H22N4O. The first kappa shape index (κ1) is 14.5. The Morgan fingerprint density at radius 1 is 1.17 bits per heavy atom. The summed E-state index contributed by atoms with van der Waals surface area (Å²) in [6, 6.07) is 10.2. The van der Waals surface area contributed by atoms with Gasteiger partial charge in [0.2, 0.25) is 0 Å². The maximum Gasteiger partial charge on any atom is 0.252 e. The number of carbonyl (C=O) groups is 1. The van der Waals surface area contributed by atoms with E-state index in [1.807, 2.05) is 30.3 Å². The Hall–Kier alpha value is -2.14. The van der Waals surface area contributed by atoms with E-state index in [4.69, 9.17) is 4.98 Å². The van der Waals surface area contributed by atoms with Crippen LogP contribution in [0.25, 0.3) is 10.9 Å². The molecule has 1 aromatic carbocycles. The third-order valence-electron chi connectivity index (χ3n) is 4.69. The van der Waals surface area contributed by atoms with Crippen molar-refractivity contribution in [2.45, 2.75) is 18.9 Å². The molecule has 4 rings (SSSR count). The van der Waals surface area contributed by atoms with Gasteiger partial charge in [0, 0.05) is 37.6 Å². The highest BCUT2D eigenvalue weighted by molar-refractivity contribution is 6.07. The van der Waals surface area contributed by atoms with Gasteiger partial charge in [0.25, 0.3) is 5.91 Å². The first-order valence-corrected chi connectivity index (χ1v) is 8.35. The van der Waals surface area contributed by atoms with E-state index in [-0.39, 0.29) is 5.91 Å². The van der Waals surface area contributed by atoms with Gasteiger partial charge in [-0.15, -0.1) is 0 Å². The van der Waals surface area contributed by atoms with Crippen LogP contribution in [0.4, 0.5) is 5.82 Å². The molecule has 120 valence electrons. The van der Waals surface area contributed by atoms with Crippen molar-refractivity contribution in [3.05, 3.63) is 35.9 Å². The molecule has 2 aromatic rings. The Bertz CT molecular complexity index is 733. The van der Waals surface area contributed by atoms with Gasteiger partial charge >= 0.3 is 0 Å². The highest BCUT2D eigenvalue weighted by Gasteiger charge is 2.25. The van der Waals surface area contributed by atoms with Crippen molar-refractivity contribution in [1.29, 1.82) is 0 Å². The molecule has 1 aromatic heterocycles. The highest BCUT2D eigenvalue weighted by atomic mass is 16.1. The molecule has 23 heavy (non-hydrogen) atoms. The first-order chi connectivity index (χ1) is 11.2. The van der Waals surface area contributed by atoms with Crippen LogP contribution in [0.1, 0.15) is 23.2 Å². The van der Waals surface area contributed by atoms with Crippen LogP contribution in [0.2, 0.25) is 0 Å². The maximum atomic E-state index is 12.6. The molecule has 1 saturated heterocycles. The van der Waals surface area contributed by atoms with Gasteiger partial charge in [-0.1, -0.05) is 18.2 Å². The van der Waals surface area contributed by atoms with Crippen LogP contribution in [-0.4, -0.2) is 55.1 Å². The molecular weight excluding hydrogens is 288 g/mol. The number of hydrogen-bond acceptors (Lipinski definition) is 4. The second-order valence-corrected chi connectivity index (χ2v) is 6.58. The predicted octanol–water partition coefficient (Wildman–Crippen LogP) is 1.88. The van der Waals surface area contributed by atoms with Crippen molar-refractivity contribution in [2.24, 2.45) is 0 Å². The topological polar surface area (TPSA) is 48.5 Å². The molecule has 0 spiro atoms. The normalized spacial score (nSPS) is 19.1. The van der Waals surface area contributed by atoms with Gasteiger partial charge in [0.05, 0.1) is 11.1 Å². The standard InChI is InChI=1S/C18H22N4O/c1-21-8-10-22(11-9-21)17-12-15(18(23)19-13-6-7-13)14-4-2-3-5-16(14)20-17/h2-5,12-13H,6-11H2,1H3,(H,19,23). The first-order valence-electron chi connectivity index (χ1n) is 8.35. The fraction of sp³-hybridized carbons (Fsp3) is 0.444. The van der Waals surface area contributed by atoms with Crippen LogP contribution in [0.3, 0.4) is 0 Å². The summed E-state index contributed by atoms with van der Waals surface area (Å²) in [5, 5.41) is 4.04. The number of nitrogens with one attached hydrogen (secondary N) is 1. The number of likely N-dealkylation sites (N-methyl/N-ethyl adjacent to an activating group) is 1. The van der Waals surface area contributed by atoms with Crippen LogP contribution in [0.15, 0.2) is 30.3 Å². The fourth-order valence-electron chi connectivity index (χ4n) is 3.04. The maximum absolute atomic E-state index is 12.6. The zero-order chi connectivity index (χ0) is 15.8. The molecule has 1 amide bonds. The van der Waals surface area contributed by atoms with Crippen LogP contribution < -0.4 is 10.2 Å². The van der Waals surface area contributed by atoms with E-state index in [1.54, 1.807) is 0 Å². The Balaban J connectivity index is 1.72. The zero-order valence-corrected chi connectivity index (χ0v) is 13.5.